The van der Waals surface area contributed by atoms with Gasteiger partial charge in [0.05, 0.1) is 12.8 Å². The highest BCUT2D eigenvalue weighted by Crippen LogP contribution is 2.29. The van der Waals surface area contributed by atoms with Gasteiger partial charge in [0.25, 0.3) is 0 Å². The number of hydrogen-bond donors (Lipinski definition) is 2. The van der Waals surface area contributed by atoms with Gasteiger partial charge in [-0.2, -0.15) is 0 Å². The van der Waals surface area contributed by atoms with E-state index in [1.54, 1.807) is 6.08 Å². The van der Waals surface area contributed by atoms with Gasteiger partial charge in [0, 0.05) is 31.2 Å². The summed E-state index contributed by atoms with van der Waals surface area (Å²) in [5.41, 5.74) is 1.01. The number of rotatable bonds is 5. The number of benzene rings is 1. The first-order valence-corrected chi connectivity index (χ1v) is 7.88. The maximum absolute atomic E-state index is 10.5. The van der Waals surface area contributed by atoms with Gasteiger partial charge in [-0.05, 0) is 30.7 Å². The van der Waals surface area contributed by atoms with Crippen molar-refractivity contribution in [2.24, 2.45) is 0 Å². The molecule has 1 unspecified atom stereocenters. The van der Waals surface area contributed by atoms with Gasteiger partial charge in [-0.15, -0.1) is 0 Å². The van der Waals surface area contributed by atoms with Crippen molar-refractivity contribution >= 4 is 11.6 Å². The molecule has 22 heavy (non-hydrogen) atoms. The fourth-order valence-electron chi connectivity index (χ4n) is 2.66. The van der Waals surface area contributed by atoms with Crippen molar-refractivity contribution < 1.29 is 10.2 Å². The second-order valence-electron chi connectivity index (χ2n) is 5.37. The van der Waals surface area contributed by atoms with Crippen LogP contribution in [0.5, 0.6) is 0 Å². The van der Waals surface area contributed by atoms with Gasteiger partial charge >= 0.3 is 0 Å². The molecule has 5 heteroatoms. The molecule has 1 atom stereocenters. The van der Waals surface area contributed by atoms with E-state index in [1.165, 1.54) is 0 Å². The Morgan fingerprint density at radius 3 is 2.41 bits per heavy atom. The number of halogens is 1. The minimum absolute atomic E-state index is 0.0832. The van der Waals surface area contributed by atoms with E-state index in [0.29, 0.717) is 10.8 Å². The lowest BCUT2D eigenvalue weighted by Gasteiger charge is -2.38. The first-order chi connectivity index (χ1) is 10.7. The van der Waals surface area contributed by atoms with Gasteiger partial charge in [-0.25, -0.2) is 0 Å². The summed E-state index contributed by atoms with van der Waals surface area (Å²) in [5, 5.41) is 20.4. The highest BCUT2D eigenvalue weighted by molar-refractivity contribution is 6.30. The molecule has 0 saturated carbocycles. The van der Waals surface area contributed by atoms with Crippen LogP contribution in [0.3, 0.4) is 0 Å². The Balaban J connectivity index is 2.24. The van der Waals surface area contributed by atoms with Crippen molar-refractivity contribution in [3.63, 3.8) is 0 Å². The third kappa shape index (κ3) is 4.34. The van der Waals surface area contributed by atoms with Gasteiger partial charge in [0.1, 0.15) is 5.76 Å². The average Bonchev–Trinajstić information content (AvgIpc) is 2.55. The van der Waals surface area contributed by atoms with Crippen molar-refractivity contribution in [3.8, 4) is 0 Å². The second-order valence-corrected chi connectivity index (χ2v) is 5.80. The topological polar surface area (TPSA) is 46.9 Å². The third-order valence-electron chi connectivity index (χ3n) is 3.90. The molecule has 1 heterocycles. The maximum Gasteiger partial charge on any atom is 0.114 e. The molecule has 2 rings (SSSR count). The standard InChI is InChI=1S/C17H23ClN2O2/c1-2-3-4-16(22)17(14-5-7-15(18)8-6-14)20-11-9-19(13-21)10-12-20/h2-8,17,21-22H,9-13H2,1H3/b3-2-,16-4-. The van der Waals surface area contributed by atoms with E-state index in [1.807, 2.05) is 48.2 Å². The van der Waals surface area contributed by atoms with E-state index in [2.05, 4.69) is 4.90 Å². The van der Waals surface area contributed by atoms with Crippen LogP contribution in [-0.4, -0.2) is 52.9 Å². The van der Waals surface area contributed by atoms with Crippen LogP contribution in [0, 0.1) is 0 Å². The van der Waals surface area contributed by atoms with Gasteiger partial charge in [-0.3, -0.25) is 9.80 Å². The SMILES string of the molecule is C/C=C\C=C(/O)C(c1ccc(Cl)cc1)N1CCN(CO)CC1. The number of aliphatic hydroxyl groups excluding tert-OH is 2. The van der Waals surface area contributed by atoms with Crippen molar-refractivity contribution in [1.29, 1.82) is 0 Å². The fraction of sp³-hybridized carbons (Fsp3) is 0.412. The Labute approximate surface area is 136 Å². The lowest BCUT2D eigenvalue weighted by molar-refractivity contribution is 0.0366. The molecule has 1 saturated heterocycles. The minimum atomic E-state index is -0.186. The molecule has 1 fully saturated rings. The van der Waals surface area contributed by atoms with E-state index < -0.39 is 0 Å². The van der Waals surface area contributed by atoms with Gasteiger partial charge < -0.3 is 10.2 Å². The zero-order chi connectivity index (χ0) is 15.9. The predicted octanol–water partition coefficient (Wildman–Crippen LogP) is 2.97. The molecule has 0 aromatic heterocycles. The zero-order valence-electron chi connectivity index (χ0n) is 12.8. The lowest BCUT2D eigenvalue weighted by Crippen LogP contribution is -2.48. The molecule has 1 aromatic rings. The van der Waals surface area contributed by atoms with E-state index in [9.17, 15) is 10.2 Å². The van der Waals surface area contributed by atoms with Crippen LogP contribution in [0.1, 0.15) is 18.5 Å². The maximum atomic E-state index is 10.5. The quantitative estimate of drug-likeness (QED) is 0.646. The highest BCUT2D eigenvalue weighted by atomic mass is 35.5. The molecule has 0 aliphatic carbocycles. The summed E-state index contributed by atoms with van der Waals surface area (Å²) in [4.78, 5) is 4.22. The lowest BCUT2D eigenvalue weighted by atomic mass is 10.0. The molecule has 120 valence electrons. The second kappa shape index (κ2) is 8.34. The fourth-order valence-corrected chi connectivity index (χ4v) is 2.79. The molecule has 2 N–H and O–H groups in total. The first-order valence-electron chi connectivity index (χ1n) is 7.50. The predicted molar refractivity (Wildman–Crippen MR) is 90.0 cm³/mol. The number of nitrogens with zero attached hydrogens (tertiary/aromatic N) is 2. The van der Waals surface area contributed by atoms with E-state index in [-0.39, 0.29) is 12.8 Å². The summed E-state index contributed by atoms with van der Waals surface area (Å²) in [6.45, 7) is 5.17. The van der Waals surface area contributed by atoms with Crippen LogP contribution < -0.4 is 0 Å². The van der Waals surface area contributed by atoms with E-state index >= 15 is 0 Å². The molecular weight excluding hydrogens is 300 g/mol. The monoisotopic (exact) mass is 322 g/mol. The number of aliphatic hydroxyl groups is 2. The van der Waals surface area contributed by atoms with Gasteiger partial charge in [-0.1, -0.05) is 35.9 Å². The Hall–Kier alpha value is -1.33. The normalized spacial score (nSPS) is 19.7. The molecule has 1 aliphatic heterocycles. The third-order valence-corrected chi connectivity index (χ3v) is 4.15. The minimum Gasteiger partial charge on any atom is -0.510 e. The van der Waals surface area contributed by atoms with Crippen LogP contribution in [-0.2, 0) is 0 Å². The Bertz CT molecular complexity index is 520. The Morgan fingerprint density at radius 1 is 1.23 bits per heavy atom. The Morgan fingerprint density at radius 2 is 1.86 bits per heavy atom. The van der Waals surface area contributed by atoms with E-state index in [0.717, 1.165) is 31.7 Å². The smallest absolute Gasteiger partial charge is 0.114 e. The van der Waals surface area contributed by atoms with Crippen molar-refractivity contribution in [2.75, 3.05) is 32.9 Å². The molecule has 0 spiro atoms. The summed E-state index contributed by atoms with van der Waals surface area (Å²) in [7, 11) is 0. The molecule has 0 amide bonds. The summed E-state index contributed by atoms with van der Waals surface area (Å²) >= 11 is 5.97. The first kappa shape index (κ1) is 17.0. The van der Waals surface area contributed by atoms with Crippen molar-refractivity contribution in [1.82, 2.24) is 9.80 Å². The Kier molecular flexibility index (Phi) is 6.46. The summed E-state index contributed by atoms with van der Waals surface area (Å²) in [6, 6.07) is 7.40. The van der Waals surface area contributed by atoms with Crippen LogP contribution in [0.2, 0.25) is 5.02 Å². The molecule has 0 bridgehead atoms. The molecule has 0 radical (unpaired) electrons. The summed E-state index contributed by atoms with van der Waals surface area (Å²) in [5.74, 6) is 0.317. The van der Waals surface area contributed by atoms with Crippen LogP contribution in [0.25, 0.3) is 0 Å². The van der Waals surface area contributed by atoms with Crippen LogP contribution >= 0.6 is 11.6 Å². The molecule has 1 aromatic carbocycles. The van der Waals surface area contributed by atoms with Crippen LogP contribution in [0.4, 0.5) is 0 Å². The largest absolute Gasteiger partial charge is 0.510 e. The number of hydrogen-bond acceptors (Lipinski definition) is 4. The van der Waals surface area contributed by atoms with Gasteiger partial charge in [0.15, 0.2) is 0 Å². The molecule has 4 nitrogen and oxygen atoms in total. The zero-order valence-corrected chi connectivity index (χ0v) is 13.6. The number of piperazine rings is 1. The van der Waals surface area contributed by atoms with Crippen molar-refractivity contribution in [3.05, 3.63) is 58.8 Å². The summed E-state index contributed by atoms with van der Waals surface area (Å²) in [6.07, 6.45) is 5.46. The van der Waals surface area contributed by atoms with E-state index in [4.69, 9.17) is 11.6 Å². The highest BCUT2D eigenvalue weighted by Gasteiger charge is 2.27. The van der Waals surface area contributed by atoms with Crippen molar-refractivity contribution in [2.45, 2.75) is 13.0 Å². The molecular formula is C17H23ClN2O2. The number of allylic oxidation sites excluding steroid dienone is 3. The summed E-state index contributed by atoms with van der Waals surface area (Å²) < 4.78 is 0. The average molecular weight is 323 g/mol. The molecule has 1 aliphatic rings. The van der Waals surface area contributed by atoms with Gasteiger partial charge in [0.2, 0.25) is 0 Å². The van der Waals surface area contributed by atoms with Crippen LogP contribution in [0.15, 0.2) is 48.3 Å².